The van der Waals surface area contributed by atoms with E-state index in [0.29, 0.717) is 0 Å². The van der Waals surface area contributed by atoms with Gasteiger partial charge in [0.15, 0.2) is 0 Å². The Morgan fingerprint density at radius 1 is 1.32 bits per heavy atom. The summed E-state index contributed by atoms with van der Waals surface area (Å²) in [6, 6.07) is 5.86. The number of hydrogen-bond donors (Lipinski definition) is 2. The van der Waals surface area contributed by atoms with Gasteiger partial charge in [-0.3, -0.25) is 0 Å². The van der Waals surface area contributed by atoms with Crippen molar-refractivity contribution in [1.82, 2.24) is 0 Å². The monoisotopic (exact) mass is 260 g/mol. The van der Waals surface area contributed by atoms with Gasteiger partial charge in [-0.25, -0.2) is 0 Å². The van der Waals surface area contributed by atoms with Gasteiger partial charge in [0.2, 0.25) is 0 Å². The summed E-state index contributed by atoms with van der Waals surface area (Å²) in [5.74, 6) is 0.851. The van der Waals surface area contributed by atoms with Gasteiger partial charge in [-0.2, -0.15) is 0 Å². The van der Waals surface area contributed by atoms with E-state index in [9.17, 15) is 0 Å². The minimum Gasteiger partial charge on any atom is -0.493 e. The van der Waals surface area contributed by atoms with Gasteiger partial charge in [-0.05, 0) is 38.2 Å². The third-order valence-corrected chi connectivity index (χ3v) is 3.31. The molecule has 0 bridgehead atoms. The Hall–Kier alpha value is -1.64. The van der Waals surface area contributed by atoms with E-state index in [1.807, 2.05) is 18.2 Å². The Bertz CT molecular complexity index is 440. The van der Waals surface area contributed by atoms with Crippen molar-refractivity contribution in [3.8, 4) is 5.75 Å². The van der Waals surface area contributed by atoms with Gasteiger partial charge in [0.1, 0.15) is 5.75 Å². The second kappa shape index (κ2) is 7.07. The second-order valence-electron chi connectivity index (χ2n) is 5.07. The number of hydrogen-bond acceptors (Lipinski definition) is 3. The van der Waals surface area contributed by atoms with E-state index in [1.54, 1.807) is 5.57 Å². The average molecular weight is 260 g/mol. The minimum absolute atomic E-state index is 0.732. The van der Waals surface area contributed by atoms with Gasteiger partial charge in [-0.1, -0.05) is 18.6 Å². The lowest BCUT2D eigenvalue weighted by molar-refractivity contribution is 0.318. The normalized spacial score (nSPS) is 14.3. The third kappa shape index (κ3) is 4.51. The zero-order chi connectivity index (χ0) is 13.5. The molecular weight excluding hydrogens is 236 g/mol. The molecule has 1 aromatic rings. The first kappa shape index (κ1) is 13.8. The maximum absolute atomic E-state index is 5.89. The van der Waals surface area contributed by atoms with Gasteiger partial charge in [-0.15, -0.1) is 0 Å². The number of rotatable bonds is 7. The van der Waals surface area contributed by atoms with Gasteiger partial charge in [0.05, 0.1) is 6.61 Å². The molecule has 0 fully saturated rings. The molecule has 104 valence electrons. The Morgan fingerprint density at radius 3 is 2.95 bits per heavy atom. The van der Waals surface area contributed by atoms with Crippen molar-refractivity contribution in [3.63, 3.8) is 0 Å². The van der Waals surface area contributed by atoms with Gasteiger partial charge >= 0.3 is 0 Å². The molecule has 1 aromatic carbocycles. The van der Waals surface area contributed by atoms with Crippen LogP contribution in [0.25, 0.3) is 0 Å². The number of anilines is 2. The fourth-order valence-electron chi connectivity index (χ4n) is 2.36. The van der Waals surface area contributed by atoms with Crippen LogP contribution in [0.2, 0.25) is 0 Å². The SMILES string of the molecule is CCCOc1cc(N)cc(NCCC2=CCCC2)c1. The number of allylic oxidation sites excluding steroid dienone is 1. The minimum atomic E-state index is 0.732. The predicted molar refractivity (Wildman–Crippen MR) is 81.7 cm³/mol. The fraction of sp³-hybridized carbons (Fsp3) is 0.500. The zero-order valence-electron chi connectivity index (χ0n) is 11.7. The third-order valence-electron chi connectivity index (χ3n) is 3.31. The summed E-state index contributed by atoms with van der Waals surface area (Å²) in [6.45, 7) is 3.79. The van der Waals surface area contributed by atoms with Gasteiger partial charge in [0, 0.05) is 30.1 Å². The molecule has 3 nitrogen and oxygen atoms in total. The van der Waals surface area contributed by atoms with Crippen molar-refractivity contribution in [2.75, 3.05) is 24.2 Å². The van der Waals surface area contributed by atoms with E-state index in [2.05, 4.69) is 18.3 Å². The molecule has 0 heterocycles. The molecule has 0 saturated carbocycles. The van der Waals surface area contributed by atoms with E-state index in [1.165, 1.54) is 19.3 Å². The second-order valence-corrected chi connectivity index (χ2v) is 5.07. The van der Waals surface area contributed by atoms with E-state index < -0.39 is 0 Å². The first-order valence-electron chi connectivity index (χ1n) is 7.23. The molecule has 1 aliphatic rings. The predicted octanol–water partition coefficient (Wildman–Crippen LogP) is 3.97. The molecule has 1 aliphatic carbocycles. The first-order chi connectivity index (χ1) is 9.28. The molecule has 2 rings (SSSR count). The lowest BCUT2D eigenvalue weighted by Crippen LogP contribution is -2.04. The number of nitrogen functional groups attached to an aromatic ring is 1. The molecule has 0 aromatic heterocycles. The summed E-state index contributed by atoms with van der Waals surface area (Å²) in [4.78, 5) is 0. The summed E-state index contributed by atoms with van der Waals surface area (Å²) < 4.78 is 5.63. The van der Waals surface area contributed by atoms with Crippen molar-refractivity contribution in [2.45, 2.75) is 39.0 Å². The average Bonchev–Trinajstić information content (AvgIpc) is 2.89. The van der Waals surface area contributed by atoms with Crippen molar-refractivity contribution in [1.29, 1.82) is 0 Å². The highest BCUT2D eigenvalue weighted by Crippen LogP contribution is 2.24. The highest BCUT2D eigenvalue weighted by atomic mass is 16.5. The van der Waals surface area contributed by atoms with Gasteiger partial charge in [0.25, 0.3) is 0 Å². The highest BCUT2D eigenvalue weighted by molar-refractivity contribution is 5.59. The van der Waals surface area contributed by atoms with Crippen LogP contribution in [0.5, 0.6) is 5.75 Å². The van der Waals surface area contributed by atoms with Crippen LogP contribution in [-0.4, -0.2) is 13.2 Å². The summed E-state index contributed by atoms with van der Waals surface area (Å²) in [6.07, 6.45) is 8.34. The van der Waals surface area contributed by atoms with E-state index in [0.717, 1.165) is 43.1 Å². The maximum Gasteiger partial charge on any atom is 0.123 e. The van der Waals surface area contributed by atoms with Gasteiger partial charge < -0.3 is 15.8 Å². The number of ether oxygens (including phenoxy) is 1. The summed E-state index contributed by atoms with van der Waals surface area (Å²) in [5.41, 5.74) is 9.27. The summed E-state index contributed by atoms with van der Waals surface area (Å²) in [7, 11) is 0. The standard InChI is InChI=1S/C16H24N2O/c1-2-9-19-16-11-14(17)10-15(12-16)18-8-7-13-5-3-4-6-13/h5,10-12,18H,2-4,6-9,17H2,1H3. The molecule has 0 amide bonds. The van der Waals surface area contributed by atoms with Crippen LogP contribution in [0.1, 0.15) is 39.0 Å². The van der Waals surface area contributed by atoms with Crippen LogP contribution in [0, 0.1) is 0 Å². The number of benzene rings is 1. The Morgan fingerprint density at radius 2 is 2.21 bits per heavy atom. The molecule has 0 radical (unpaired) electrons. The quantitative estimate of drug-likeness (QED) is 0.576. The Kier molecular flexibility index (Phi) is 5.13. The molecule has 0 saturated heterocycles. The molecule has 19 heavy (non-hydrogen) atoms. The van der Waals surface area contributed by atoms with Crippen LogP contribution in [0.4, 0.5) is 11.4 Å². The number of nitrogens with one attached hydrogen (secondary N) is 1. The van der Waals surface area contributed by atoms with Crippen molar-refractivity contribution < 1.29 is 4.74 Å². The van der Waals surface area contributed by atoms with Crippen LogP contribution in [0.15, 0.2) is 29.8 Å². The zero-order valence-corrected chi connectivity index (χ0v) is 11.7. The molecular formula is C16H24N2O. The molecule has 0 atom stereocenters. The maximum atomic E-state index is 5.89. The van der Waals surface area contributed by atoms with Crippen molar-refractivity contribution in [2.24, 2.45) is 0 Å². The Balaban J connectivity index is 1.86. The van der Waals surface area contributed by atoms with Crippen molar-refractivity contribution in [3.05, 3.63) is 29.8 Å². The molecule has 3 heteroatoms. The molecule has 0 spiro atoms. The first-order valence-corrected chi connectivity index (χ1v) is 7.23. The fourth-order valence-corrected chi connectivity index (χ4v) is 2.36. The molecule has 0 unspecified atom stereocenters. The molecule has 3 N–H and O–H groups in total. The van der Waals surface area contributed by atoms with Crippen LogP contribution < -0.4 is 15.8 Å². The summed E-state index contributed by atoms with van der Waals surface area (Å²) in [5, 5.41) is 3.43. The highest BCUT2D eigenvalue weighted by Gasteiger charge is 2.04. The number of nitrogens with two attached hydrogens (primary N) is 1. The van der Waals surface area contributed by atoms with Crippen LogP contribution >= 0.6 is 0 Å². The van der Waals surface area contributed by atoms with E-state index >= 15 is 0 Å². The van der Waals surface area contributed by atoms with E-state index in [-0.39, 0.29) is 0 Å². The van der Waals surface area contributed by atoms with Crippen molar-refractivity contribution >= 4 is 11.4 Å². The lowest BCUT2D eigenvalue weighted by atomic mass is 10.1. The molecule has 0 aliphatic heterocycles. The van der Waals surface area contributed by atoms with Crippen LogP contribution in [-0.2, 0) is 0 Å². The topological polar surface area (TPSA) is 47.3 Å². The smallest absolute Gasteiger partial charge is 0.123 e. The van der Waals surface area contributed by atoms with E-state index in [4.69, 9.17) is 10.5 Å². The Labute approximate surface area is 115 Å². The van der Waals surface area contributed by atoms with Crippen LogP contribution in [0.3, 0.4) is 0 Å². The lowest BCUT2D eigenvalue weighted by Gasteiger charge is -2.11. The summed E-state index contributed by atoms with van der Waals surface area (Å²) >= 11 is 0. The largest absolute Gasteiger partial charge is 0.493 e.